The monoisotopic (exact) mass is 227 g/mol. The van der Waals surface area contributed by atoms with Crippen LogP contribution < -0.4 is 5.32 Å². The van der Waals surface area contributed by atoms with E-state index < -0.39 is 0 Å². The van der Waals surface area contributed by atoms with Gasteiger partial charge in [-0.15, -0.1) is 11.6 Å². The lowest BCUT2D eigenvalue weighted by molar-refractivity contribution is 0.472. The normalized spacial score (nSPS) is 12.7. The topological polar surface area (TPSA) is 32.3 Å². The van der Waals surface area contributed by atoms with Gasteiger partial charge in [0.05, 0.1) is 0 Å². The van der Waals surface area contributed by atoms with Crippen molar-refractivity contribution in [2.24, 2.45) is 0 Å². The SMILES string of the molecule is CC(CCCCl)NCc1cccc(O)c1. The average molecular weight is 228 g/mol. The van der Waals surface area contributed by atoms with Crippen LogP contribution in [0.2, 0.25) is 0 Å². The predicted molar refractivity (Wildman–Crippen MR) is 64.4 cm³/mol. The Labute approximate surface area is 96.3 Å². The molecule has 0 saturated carbocycles. The Kier molecular flexibility index (Phi) is 5.51. The second-order valence-corrected chi connectivity index (χ2v) is 4.16. The van der Waals surface area contributed by atoms with Crippen LogP contribution >= 0.6 is 11.6 Å². The highest BCUT2D eigenvalue weighted by molar-refractivity contribution is 6.17. The zero-order valence-corrected chi connectivity index (χ0v) is 9.80. The molecule has 15 heavy (non-hydrogen) atoms. The van der Waals surface area contributed by atoms with E-state index in [1.54, 1.807) is 12.1 Å². The first kappa shape index (κ1) is 12.3. The molecule has 0 heterocycles. The standard InChI is InChI=1S/C12H18ClNO/c1-10(4-3-7-13)14-9-11-5-2-6-12(15)8-11/h2,5-6,8,10,14-15H,3-4,7,9H2,1H3. The fourth-order valence-electron chi connectivity index (χ4n) is 1.44. The van der Waals surface area contributed by atoms with E-state index >= 15 is 0 Å². The van der Waals surface area contributed by atoms with Crippen molar-refractivity contribution in [3.8, 4) is 5.75 Å². The number of rotatable bonds is 6. The second-order valence-electron chi connectivity index (χ2n) is 3.78. The molecule has 0 aliphatic rings. The number of hydrogen-bond donors (Lipinski definition) is 2. The Morgan fingerprint density at radius 1 is 1.47 bits per heavy atom. The first-order valence-electron chi connectivity index (χ1n) is 5.29. The first-order chi connectivity index (χ1) is 7.22. The van der Waals surface area contributed by atoms with Crippen molar-refractivity contribution < 1.29 is 5.11 Å². The zero-order chi connectivity index (χ0) is 11.1. The molecule has 1 atom stereocenters. The number of phenolic OH excluding ortho intramolecular Hbond substituents is 1. The van der Waals surface area contributed by atoms with Gasteiger partial charge < -0.3 is 10.4 Å². The van der Waals surface area contributed by atoms with Gasteiger partial charge in [-0.2, -0.15) is 0 Å². The Morgan fingerprint density at radius 2 is 2.27 bits per heavy atom. The molecule has 0 radical (unpaired) electrons. The van der Waals surface area contributed by atoms with Gasteiger partial charge in [0.2, 0.25) is 0 Å². The van der Waals surface area contributed by atoms with Crippen LogP contribution in [-0.2, 0) is 6.54 Å². The summed E-state index contributed by atoms with van der Waals surface area (Å²) in [5, 5.41) is 12.7. The first-order valence-corrected chi connectivity index (χ1v) is 5.83. The third-order valence-corrected chi connectivity index (χ3v) is 2.60. The Hall–Kier alpha value is -0.730. The summed E-state index contributed by atoms with van der Waals surface area (Å²) in [6.45, 7) is 2.94. The van der Waals surface area contributed by atoms with Gasteiger partial charge in [-0.05, 0) is 37.5 Å². The Balaban J connectivity index is 2.30. The second kappa shape index (κ2) is 6.70. The van der Waals surface area contributed by atoms with Crippen molar-refractivity contribution in [3.05, 3.63) is 29.8 Å². The van der Waals surface area contributed by atoms with Crippen LogP contribution in [0.1, 0.15) is 25.3 Å². The van der Waals surface area contributed by atoms with Crippen molar-refractivity contribution in [2.75, 3.05) is 5.88 Å². The number of halogens is 1. The molecule has 1 rings (SSSR count). The highest BCUT2D eigenvalue weighted by Gasteiger charge is 2.01. The maximum Gasteiger partial charge on any atom is 0.115 e. The van der Waals surface area contributed by atoms with Crippen molar-refractivity contribution in [3.63, 3.8) is 0 Å². The summed E-state index contributed by atoms with van der Waals surface area (Å²) in [5.41, 5.74) is 1.10. The fraction of sp³-hybridized carbons (Fsp3) is 0.500. The number of phenols is 1. The number of alkyl halides is 1. The third-order valence-electron chi connectivity index (χ3n) is 2.34. The summed E-state index contributed by atoms with van der Waals surface area (Å²) in [4.78, 5) is 0. The van der Waals surface area contributed by atoms with E-state index in [9.17, 15) is 5.11 Å². The molecule has 2 nitrogen and oxygen atoms in total. The zero-order valence-electron chi connectivity index (χ0n) is 9.04. The van der Waals surface area contributed by atoms with Gasteiger partial charge in [0, 0.05) is 18.5 Å². The van der Waals surface area contributed by atoms with Crippen molar-refractivity contribution in [2.45, 2.75) is 32.4 Å². The maximum absolute atomic E-state index is 9.27. The molecule has 0 aliphatic carbocycles. The van der Waals surface area contributed by atoms with E-state index in [1.165, 1.54) is 0 Å². The lowest BCUT2D eigenvalue weighted by Gasteiger charge is -2.12. The Morgan fingerprint density at radius 3 is 2.93 bits per heavy atom. The maximum atomic E-state index is 9.27. The lowest BCUT2D eigenvalue weighted by Crippen LogP contribution is -2.25. The van der Waals surface area contributed by atoms with Crippen molar-refractivity contribution in [1.82, 2.24) is 5.32 Å². The van der Waals surface area contributed by atoms with E-state index in [-0.39, 0.29) is 0 Å². The van der Waals surface area contributed by atoms with Crippen molar-refractivity contribution >= 4 is 11.6 Å². The minimum Gasteiger partial charge on any atom is -0.508 e. The molecule has 84 valence electrons. The molecule has 0 aromatic heterocycles. The largest absolute Gasteiger partial charge is 0.508 e. The molecule has 0 saturated heterocycles. The minimum absolute atomic E-state index is 0.322. The van der Waals surface area contributed by atoms with Crippen LogP contribution in [0.5, 0.6) is 5.75 Å². The summed E-state index contributed by atoms with van der Waals surface area (Å²) >= 11 is 5.62. The van der Waals surface area contributed by atoms with Gasteiger partial charge in [0.15, 0.2) is 0 Å². The minimum atomic E-state index is 0.322. The molecule has 2 N–H and O–H groups in total. The molecular formula is C12H18ClNO. The predicted octanol–water partition coefficient (Wildman–Crippen LogP) is 2.89. The molecular weight excluding hydrogens is 210 g/mol. The summed E-state index contributed by atoms with van der Waals surface area (Å²) in [5.74, 6) is 1.04. The smallest absolute Gasteiger partial charge is 0.115 e. The molecule has 1 unspecified atom stereocenters. The highest BCUT2D eigenvalue weighted by Crippen LogP contribution is 2.10. The highest BCUT2D eigenvalue weighted by atomic mass is 35.5. The van der Waals surface area contributed by atoms with E-state index in [4.69, 9.17) is 11.6 Å². The molecule has 0 aliphatic heterocycles. The summed E-state index contributed by atoms with van der Waals surface area (Å²) in [6.07, 6.45) is 2.12. The average Bonchev–Trinajstić information content (AvgIpc) is 2.23. The van der Waals surface area contributed by atoms with Gasteiger partial charge in [-0.3, -0.25) is 0 Å². The van der Waals surface area contributed by atoms with Gasteiger partial charge >= 0.3 is 0 Å². The van der Waals surface area contributed by atoms with E-state index in [1.807, 2.05) is 12.1 Å². The summed E-state index contributed by atoms with van der Waals surface area (Å²) in [7, 11) is 0. The van der Waals surface area contributed by atoms with E-state index in [0.29, 0.717) is 11.8 Å². The summed E-state index contributed by atoms with van der Waals surface area (Å²) in [6, 6.07) is 7.78. The molecule has 0 amide bonds. The van der Waals surface area contributed by atoms with Crippen LogP contribution in [0, 0.1) is 0 Å². The lowest BCUT2D eigenvalue weighted by atomic mass is 10.1. The van der Waals surface area contributed by atoms with Gasteiger partial charge in [-0.1, -0.05) is 12.1 Å². The fourth-order valence-corrected chi connectivity index (χ4v) is 1.60. The molecule has 0 spiro atoms. The molecule has 3 heteroatoms. The van der Waals surface area contributed by atoms with Crippen molar-refractivity contribution in [1.29, 1.82) is 0 Å². The van der Waals surface area contributed by atoms with Gasteiger partial charge in [0.25, 0.3) is 0 Å². The molecule has 1 aromatic rings. The Bertz CT molecular complexity index is 291. The number of aromatic hydroxyl groups is 1. The number of hydrogen-bond acceptors (Lipinski definition) is 2. The number of benzene rings is 1. The molecule has 0 bridgehead atoms. The third kappa shape index (κ3) is 5.05. The van der Waals surface area contributed by atoms with Crippen LogP contribution in [0.25, 0.3) is 0 Å². The van der Waals surface area contributed by atoms with E-state index in [2.05, 4.69) is 12.2 Å². The van der Waals surface area contributed by atoms with Crippen LogP contribution in [0.3, 0.4) is 0 Å². The van der Waals surface area contributed by atoms with Crippen LogP contribution in [0.4, 0.5) is 0 Å². The quantitative estimate of drug-likeness (QED) is 0.733. The van der Waals surface area contributed by atoms with Gasteiger partial charge in [-0.25, -0.2) is 0 Å². The van der Waals surface area contributed by atoms with E-state index in [0.717, 1.165) is 30.8 Å². The van der Waals surface area contributed by atoms with Crippen LogP contribution in [-0.4, -0.2) is 17.0 Å². The number of nitrogens with one attached hydrogen (secondary N) is 1. The summed E-state index contributed by atoms with van der Waals surface area (Å²) < 4.78 is 0. The van der Waals surface area contributed by atoms with Gasteiger partial charge in [0.1, 0.15) is 5.75 Å². The molecule has 1 aromatic carbocycles. The van der Waals surface area contributed by atoms with Crippen LogP contribution in [0.15, 0.2) is 24.3 Å². The molecule has 0 fully saturated rings.